The van der Waals surface area contributed by atoms with Crippen molar-refractivity contribution in [1.29, 1.82) is 0 Å². The van der Waals surface area contributed by atoms with Gasteiger partial charge in [-0.25, -0.2) is 0 Å². The smallest absolute Gasteiger partial charge is 0.119 e. The van der Waals surface area contributed by atoms with Crippen LogP contribution in [0.4, 0.5) is 5.69 Å². The molecule has 0 radical (unpaired) electrons. The van der Waals surface area contributed by atoms with Gasteiger partial charge in [-0.05, 0) is 92.6 Å². The molecule has 0 heterocycles. The molecule has 1 N–H and O–H groups in total. The van der Waals surface area contributed by atoms with Gasteiger partial charge < -0.3 is 10.0 Å². The van der Waals surface area contributed by atoms with Crippen LogP contribution in [0.15, 0.2) is 164 Å². The summed E-state index contributed by atoms with van der Waals surface area (Å²) in [6.07, 6.45) is 17.9. The second-order valence-electron chi connectivity index (χ2n) is 12.4. The molecular weight excluding hydrogens is 571 g/mol. The molecule has 0 aromatic heterocycles. The van der Waals surface area contributed by atoms with E-state index in [2.05, 4.69) is 146 Å². The highest BCUT2D eigenvalue weighted by molar-refractivity contribution is 6.01. The monoisotopic (exact) mass is 609 g/mol. The lowest BCUT2D eigenvalue weighted by molar-refractivity contribution is 0.434. The summed E-state index contributed by atoms with van der Waals surface area (Å²) in [5.74, 6) is 0.309. The van der Waals surface area contributed by atoms with Gasteiger partial charge in [0.2, 0.25) is 0 Å². The number of hydrogen-bond acceptors (Lipinski definition) is 2. The Labute approximate surface area is 278 Å². The van der Waals surface area contributed by atoms with Crippen LogP contribution in [0, 0.1) is 0 Å². The van der Waals surface area contributed by atoms with Crippen molar-refractivity contribution in [2.75, 3.05) is 4.90 Å². The molecule has 1 unspecified atom stereocenters. The third-order valence-electron chi connectivity index (χ3n) is 9.57. The molecule has 2 heteroatoms. The minimum Gasteiger partial charge on any atom is -0.508 e. The molecule has 0 amide bonds. The van der Waals surface area contributed by atoms with Gasteiger partial charge in [-0.2, -0.15) is 0 Å². The van der Waals surface area contributed by atoms with Crippen LogP contribution < -0.4 is 4.90 Å². The van der Waals surface area contributed by atoms with E-state index in [4.69, 9.17) is 0 Å². The van der Waals surface area contributed by atoms with E-state index in [1.54, 1.807) is 0 Å². The zero-order valence-electron chi connectivity index (χ0n) is 26.9. The number of aliphatic hydroxyl groups is 1. The third kappa shape index (κ3) is 5.91. The summed E-state index contributed by atoms with van der Waals surface area (Å²) in [5, 5.41) is 16.5. The Bertz CT molecular complexity index is 2190. The fraction of sp³-hybridized carbons (Fsp3) is 0.111. The first-order chi connectivity index (χ1) is 23.0. The van der Waals surface area contributed by atoms with E-state index in [0.29, 0.717) is 18.7 Å². The molecule has 0 fully saturated rings. The number of fused-ring (bicyclic) bond motifs is 3. The van der Waals surface area contributed by atoms with Crippen molar-refractivity contribution in [3.8, 4) is 0 Å². The molecule has 2 aliphatic carbocycles. The SMILES string of the molecule is C=Cc1ccc(CN(c2ccc3ccccc3c2C2=C(O)C=CC3=CC=CCC=C3C2)C(C)c2ccc3ccccc3c2)cc1C=C. The minimum absolute atomic E-state index is 0.0200. The second kappa shape index (κ2) is 13.0. The standard InChI is InChI=1S/C45H39NO/c1-4-33-20-19-32(27-34(33)5-2)30-46(31(3)38-22-21-35-14-9-10-17-39(35)28-38)43-25-23-37-15-11-12-18-41(37)45(43)42-29-40-16-8-6-7-13-36(40)24-26-44(42)47/h4-7,9-28,31,47H,1-2,8,29-30H2,3H3. The van der Waals surface area contributed by atoms with Gasteiger partial charge in [0.05, 0.1) is 6.04 Å². The molecule has 0 saturated carbocycles. The van der Waals surface area contributed by atoms with Gasteiger partial charge in [0.25, 0.3) is 0 Å². The number of rotatable bonds is 8. The quantitative estimate of drug-likeness (QED) is 0.189. The van der Waals surface area contributed by atoms with Crippen LogP contribution >= 0.6 is 0 Å². The molecule has 2 nitrogen and oxygen atoms in total. The van der Waals surface area contributed by atoms with E-state index < -0.39 is 0 Å². The van der Waals surface area contributed by atoms with E-state index >= 15 is 0 Å². The predicted octanol–water partition coefficient (Wildman–Crippen LogP) is 12.1. The highest BCUT2D eigenvalue weighted by Gasteiger charge is 2.26. The highest BCUT2D eigenvalue weighted by atomic mass is 16.3. The summed E-state index contributed by atoms with van der Waals surface area (Å²) in [6.45, 7) is 11.0. The van der Waals surface area contributed by atoms with Crippen LogP contribution in [-0.4, -0.2) is 5.11 Å². The summed E-state index contributed by atoms with van der Waals surface area (Å²) >= 11 is 0. The summed E-state index contributed by atoms with van der Waals surface area (Å²) in [4.78, 5) is 2.50. The molecule has 230 valence electrons. The molecule has 0 spiro atoms. The Morgan fingerprint density at radius 1 is 0.809 bits per heavy atom. The third-order valence-corrected chi connectivity index (χ3v) is 9.57. The van der Waals surface area contributed by atoms with Crippen LogP contribution in [0.3, 0.4) is 0 Å². The van der Waals surface area contributed by atoms with Crippen LogP contribution in [-0.2, 0) is 6.54 Å². The van der Waals surface area contributed by atoms with Crippen molar-refractivity contribution in [1.82, 2.24) is 0 Å². The van der Waals surface area contributed by atoms with E-state index in [1.807, 2.05) is 24.3 Å². The molecule has 5 aromatic carbocycles. The maximum absolute atomic E-state index is 11.8. The lowest BCUT2D eigenvalue weighted by atomic mass is 9.89. The van der Waals surface area contributed by atoms with E-state index in [-0.39, 0.29) is 6.04 Å². The molecule has 5 aromatic rings. The van der Waals surface area contributed by atoms with Gasteiger partial charge in [-0.3, -0.25) is 0 Å². The lowest BCUT2D eigenvalue weighted by Gasteiger charge is -2.35. The van der Waals surface area contributed by atoms with Crippen molar-refractivity contribution < 1.29 is 5.11 Å². The molecule has 0 aliphatic heterocycles. The van der Waals surface area contributed by atoms with Gasteiger partial charge >= 0.3 is 0 Å². The summed E-state index contributed by atoms with van der Waals surface area (Å²) in [5.41, 5.74) is 10.0. The number of allylic oxidation sites excluding steroid dienone is 9. The van der Waals surface area contributed by atoms with Gasteiger partial charge in [0, 0.05) is 29.8 Å². The Balaban J connectivity index is 1.44. The fourth-order valence-corrected chi connectivity index (χ4v) is 6.97. The van der Waals surface area contributed by atoms with Crippen LogP contribution in [0.2, 0.25) is 0 Å². The van der Waals surface area contributed by atoms with Crippen molar-refractivity contribution >= 4 is 45.0 Å². The summed E-state index contributed by atoms with van der Waals surface area (Å²) in [6, 6.07) is 34.9. The number of nitrogens with zero attached hydrogens (tertiary/aromatic N) is 1. The average molecular weight is 610 g/mol. The first-order valence-electron chi connectivity index (χ1n) is 16.4. The normalized spacial score (nSPS) is 15.0. The second-order valence-corrected chi connectivity index (χ2v) is 12.4. The zero-order valence-corrected chi connectivity index (χ0v) is 26.9. The van der Waals surface area contributed by atoms with Gasteiger partial charge in [-0.15, -0.1) is 0 Å². The van der Waals surface area contributed by atoms with Crippen LogP contribution in [0.25, 0.3) is 39.3 Å². The van der Waals surface area contributed by atoms with Crippen molar-refractivity contribution in [3.05, 3.63) is 191 Å². The van der Waals surface area contributed by atoms with E-state index in [0.717, 1.165) is 50.7 Å². The van der Waals surface area contributed by atoms with Crippen molar-refractivity contribution in [3.63, 3.8) is 0 Å². The number of hydrogen-bond donors (Lipinski definition) is 1. The lowest BCUT2D eigenvalue weighted by Crippen LogP contribution is -2.27. The maximum atomic E-state index is 11.8. The Kier molecular flexibility index (Phi) is 8.33. The Morgan fingerprint density at radius 2 is 1.57 bits per heavy atom. The molecule has 2 aliphatic rings. The zero-order chi connectivity index (χ0) is 32.3. The van der Waals surface area contributed by atoms with Crippen molar-refractivity contribution in [2.45, 2.75) is 32.4 Å². The molecule has 47 heavy (non-hydrogen) atoms. The van der Waals surface area contributed by atoms with Gasteiger partial charge in [-0.1, -0.05) is 135 Å². The largest absolute Gasteiger partial charge is 0.508 e. The number of benzene rings is 5. The molecule has 0 saturated heterocycles. The number of aliphatic hydroxyl groups excluding tert-OH is 1. The fourth-order valence-electron chi connectivity index (χ4n) is 6.97. The maximum Gasteiger partial charge on any atom is 0.119 e. The molecule has 7 rings (SSSR count). The van der Waals surface area contributed by atoms with Crippen LogP contribution in [0.5, 0.6) is 0 Å². The van der Waals surface area contributed by atoms with Crippen LogP contribution in [0.1, 0.15) is 53.6 Å². The first-order valence-corrected chi connectivity index (χ1v) is 16.4. The molecule has 1 atom stereocenters. The van der Waals surface area contributed by atoms with Gasteiger partial charge in [0.1, 0.15) is 5.76 Å². The Morgan fingerprint density at radius 3 is 2.40 bits per heavy atom. The van der Waals surface area contributed by atoms with Gasteiger partial charge in [0.15, 0.2) is 0 Å². The van der Waals surface area contributed by atoms with Crippen molar-refractivity contribution in [2.24, 2.45) is 0 Å². The predicted molar refractivity (Wildman–Crippen MR) is 202 cm³/mol. The van der Waals surface area contributed by atoms with E-state index in [9.17, 15) is 5.11 Å². The topological polar surface area (TPSA) is 23.5 Å². The Hall–Kier alpha value is -5.60. The average Bonchev–Trinajstić information content (AvgIpc) is 3.43. The summed E-state index contributed by atoms with van der Waals surface area (Å²) in [7, 11) is 0. The first kappa shape index (κ1) is 30.1. The molecule has 0 bridgehead atoms. The summed E-state index contributed by atoms with van der Waals surface area (Å²) < 4.78 is 0. The van der Waals surface area contributed by atoms with E-state index in [1.165, 1.54) is 27.5 Å². The number of anilines is 1. The molecular formula is C45H39NO. The highest BCUT2D eigenvalue weighted by Crippen LogP contribution is 2.44. The minimum atomic E-state index is 0.0200.